The molecule has 2 heteroatoms. The van der Waals surface area contributed by atoms with E-state index in [9.17, 15) is 0 Å². The van der Waals surface area contributed by atoms with Gasteiger partial charge in [0.05, 0.1) is 0 Å². The topological polar surface area (TPSA) is 15.3 Å². The fraction of sp³-hybridized carbons (Fsp3) is 1.00. The maximum atomic E-state index is 3.57. The van der Waals surface area contributed by atoms with Crippen molar-refractivity contribution in [3.63, 3.8) is 0 Å². The van der Waals surface area contributed by atoms with Crippen LogP contribution < -0.4 is 5.32 Å². The Hall–Kier alpha value is -0.0800. The summed E-state index contributed by atoms with van der Waals surface area (Å²) < 4.78 is 0. The van der Waals surface area contributed by atoms with E-state index in [1.54, 1.807) is 0 Å². The van der Waals surface area contributed by atoms with Gasteiger partial charge in [0, 0.05) is 18.6 Å². The molecule has 1 heterocycles. The van der Waals surface area contributed by atoms with Crippen LogP contribution >= 0.6 is 0 Å². The Kier molecular flexibility index (Phi) is 5.30. The minimum absolute atomic E-state index is 0.796. The summed E-state index contributed by atoms with van der Waals surface area (Å²) in [4.78, 5) is 2.78. The first-order chi connectivity index (χ1) is 8.33. The zero-order valence-corrected chi connectivity index (χ0v) is 11.8. The van der Waals surface area contributed by atoms with Crippen LogP contribution in [0.4, 0.5) is 0 Å². The third-order valence-electron chi connectivity index (χ3n) is 4.96. The van der Waals surface area contributed by atoms with Crippen LogP contribution in [-0.4, -0.2) is 36.6 Å². The van der Waals surface area contributed by atoms with Gasteiger partial charge in [0.25, 0.3) is 0 Å². The molecule has 1 N–H and O–H groups in total. The second-order valence-electron chi connectivity index (χ2n) is 5.97. The molecule has 1 saturated carbocycles. The first-order valence-electron chi connectivity index (χ1n) is 7.79. The number of nitrogens with one attached hydrogen (secondary N) is 1. The van der Waals surface area contributed by atoms with Crippen molar-refractivity contribution in [1.29, 1.82) is 0 Å². The number of likely N-dealkylation sites (N-methyl/N-ethyl adjacent to an activating group) is 1. The molecule has 0 aromatic heterocycles. The maximum absolute atomic E-state index is 3.57. The van der Waals surface area contributed by atoms with E-state index in [0.29, 0.717) is 0 Å². The maximum Gasteiger partial charge on any atom is 0.0223 e. The molecule has 17 heavy (non-hydrogen) atoms. The van der Waals surface area contributed by atoms with Gasteiger partial charge in [0.2, 0.25) is 0 Å². The van der Waals surface area contributed by atoms with Crippen LogP contribution in [0, 0.1) is 5.92 Å². The monoisotopic (exact) mass is 238 g/mol. The van der Waals surface area contributed by atoms with E-state index in [2.05, 4.69) is 24.1 Å². The van der Waals surface area contributed by atoms with Crippen LogP contribution in [0.25, 0.3) is 0 Å². The Morgan fingerprint density at radius 2 is 1.88 bits per heavy atom. The Bertz CT molecular complexity index is 205. The zero-order chi connectivity index (χ0) is 12.1. The number of nitrogens with zero attached hydrogens (tertiary/aromatic N) is 1. The lowest BCUT2D eigenvalue weighted by atomic mass is 9.83. The van der Waals surface area contributed by atoms with E-state index in [1.165, 1.54) is 64.6 Å². The number of hydrogen-bond donors (Lipinski definition) is 1. The van der Waals surface area contributed by atoms with Crippen LogP contribution in [0.2, 0.25) is 0 Å². The van der Waals surface area contributed by atoms with Crippen molar-refractivity contribution in [2.24, 2.45) is 5.92 Å². The summed E-state index contributed by atoms with van der Waals surface area (Å²) in [5.41, 5.74) is 0. The van der Waals surface area contributed by atoms with Gasteiger partial charge in [0.15, 0.2) is 0 Å². The van der Waals surface area contributed by atoms with Crippen molar-refractivity contribution in [1.82, 2.24) is 10.2 Å². The molecule has 2 aliphatic rings. The highest BCUT2D eigenvalue weighted by Gasteiger charge is 2.29. The van der Waals surface area contributed by atoms with Crippen LogP contribution in [0.3, 0.4) is 0 Å². The van der Waals surface area contributed by atoms with E-state index < -0.39 is 0 Å². The van der Waals surface area contributed by atoms with Gasteiger partial charge in [-0.05, 0) is 51.6 Å². The van der Waals surface area contributed by atoms with E-state index in [1.807, 2.05) is 0 Å². The highest BCUT2D eigenvalue weighted by atomic mass is 15.2. The third kappa shape index (κ3) is 3.45. The minimum Gasteiger partial charge on any atom is -0.315 e. The van der Waals surface area contributed by atoms with E-state index in [-0.39, 0.29) is 0 Å². The molecule has 2 nitrogen and oxygen atoms in total. The van der Waals surface area contributed by atoms with Crippen LogP contribution in [-0.2, 0) is 0 Å². The summed E-state index contributed by atoms with van der Waals surface area (Å²) in [6, 6.07) is 1.59. The van der Waals surface area contributed by atoms with Crippen molar-refractivity contribution >= 4 is 0 Å². The summed E-state index contributed by atoms with van der Waals surface area (Å²) in [5.74, 6) is 0.964. The lowest BCUT2D eigenvalue weighted by Crippen LogP contribution is -2.51. The molecule has 1 saturated heterocycles. The fourth-order valence-corrected chi connectivity index (χ4v) is 3.88. The summed E-state index contributed by atoms with van der Waals surface area (Å²) in [6.45, 7) is 8.49. The van der Waals surface area contributed by atoms with Gasteiger partial charge in [0.1, 0.15) is 0 Å². The van der Waals surface area contributed by atoms with Gasteiger partial charge < -0.3 is 5.32 Å². The van der Waals surface area contributed by atoms with Gasteiger partial charge in [-0.25, -0.2) is 0 Å². The van der Waals surface area contributed by atoms with Gasteiger partial charge >= 0.3 is 0 Å². The van der Waals surface area contributed by atoms with E-state index in [0.717, 1.165) is 18.0 Å². The lowest BCUT2D eigenvalue weighted by Gasteiger charge is -2.42. The summed E-state index contributed by atoms with van der Waals surface area (Å²) in [6.07, 6.45) is 10.1. The normalized spacial score (nSPS) is 29.5. The molecule has 2 fully saturated rings. The Morgan fingerprint density at radius 3 is 2.47 bits per heavy atom. The van der Waals surface area contributed by atoms with Gasteiger partial charge in [-0.15, -0.1) is 0 Å². The first kappa shape index (κ1) is 13.4. The molecular weight excluding hydrogens is 208 g/mol. The second kappa shape index (κ2) is 6.75. The molecule has 2 unspecified atom stereocenters. The molecule has 0 aromatic rings. The van der Waals surface area contributed by atoms with Crippen molar-refractivity contribution in [2.45, 2.75) is 70.9 Å². The Morgan fingerprint density at radius 1 is 1.12 bits per heavy atom. The van der Waals surface area contributed by atoms with Crippen molar-refractivity contribution < 1.29 is 0 Å². The SMILES string of the molecule is CCN(C1CCCNC1)C(C)C1CCCCC1. The third-order valence-corrected chi connectivity index (χ3v) is 4.96. The largest absolute Gasteiger partial charge is 0.315 e. The average molecular weight is 238 g/mol. The molecule has 0 radical (unpaired) electrons. The zero-order valence-electron chi connectivity index (χ0n) is 11.8. The first-order valence-corrected chi connectivity index (χ1v) is 7.79. The molecule has 0 amide bonds. The van der Waals surface area contributed by atoms with E-state index in [4.69, 9.17) is 0 Å². The molecule has 0 aromatic carbocycles. The predicted molar refractivity (Wildman–Crippen MR) is 74.3 cm³/mol. The van der Waals surface area contributed by atoms with Gasteiger partial charge in [-0.3, -0.25) is 4.90 Å². The molecule has 2 atom stereocenters. The summed E-state index contributed by atoms with van der Waals surface area (Å²) in [5, 5.41) is 3.57. The summed E-state index contributed by atoms with van der Waals surface area (Å²) in [7, 11) is 0. The number of rotatable bonds is 4. The summed E-state index contributed by atoms with van der Waals surface area (Å²) >= 11 is 0. The molecule has 100 valence electrons. The Balaban J connectivity index is 1.90. The average Bonchev–Trinajstić information content (AvgIpc) is 2.42. The van der Waals surface area contributed by atoms with Crippen LogP contribution in [0.1, 0.15) is 58.8 Å². The number of hydrogen-bond acceptors (Lipinski definition) is 2. The van der Waals surface area contributed by atoms with Crippen LogP contribution in [0.15, 0.2) is 0 Å². The Labute approximate surface area is 107 Å². The van der Waals surface area contributed by atoms with Gasteiger partial charge in [-0.1, -0.05) is 26.2 Å². The van der Waals surface area contributed by atoms with Gasteiger partial charge in [-0.2, -0.15) is 0 Å². The number of piperidine rings is 1. The van der Waals surface area contributed by atoms with Crippen molar-refractivity contribution in [2.75, 3.05) is 19.6 Å². The van der Waals surface area contributed by atoms with Crippen molar-refractivity contribution in [3.05, 3.63) is 0 Å². The smallest absolute Gasteiger partial charge is 0.0223 e. The highest BCUT2D eigenvalue weighted by Crippen LogP contribution is 2.30. The van der Waals surface area contributed by atoms with Crippen molar-refractivity contribution in [3.8, 4) is 0 Å². The fourth-order valence-electron chi connectivity index (χ4n) is 3.88. The quantitative estimate of drug-likeness (QED) is 0.810. The molecule has 1 aliphatic heterocycles. The van der Waals surface area contributed by atoms with E-state index >= 15 is 0 Å². The predicted octanol–water partition coefficient (Wildman–Crippen LogP) is 3.03. The standard InChI is InChI=1S/C15H30N2/c1-3-17(15-10-7-11-16-12-15)13(2)14-8-5-4-6-9-14/h13-16H,3-12H2,1-2H3. The molecule has 0 spiro atoms. The van der Waals surface area contributed by atoms with Crippen LogP contribution in [0.5, 0.6) is 0 Å². The minimum atomic E-state index is 0.796. The molecule has 0 bridgehead atoms. The molecule has 1 aliphatic carbocycles. The molecule has 2 rings (SSSR count). The molecular formula is C15H30N2. The lowest BCUT2D eigenvalue weighted by molar-refractivity contribution is 0.0774. The second-order valence-corrected chi connectivity index (χ2v) is 5.97. The highest BCUT2D eigenvalue weighted by molar-refractivity contribution is 4.85.